The normalized spacial score (nSPS) is 18.4. The molecule has 0 aliphatic carbocycles. The SMILES string of the molecule is CCNC(=NCCNC(C)(C)C)N1CCC(Cc2cnn(C)c2)C1.I. The summed E-state index contributed by atoms with van der Waals surface area (Å²) in [5, 5.41) is 11.2. The molecule has 0 bridgehead atoms. The lowest BCUT2D eigenvalue weighted by atomic mass is 10.0. The number of aromatic nitrogens is 2. The Bertz CT molecular complexity index is 534. The number of hydrogen-bond acceptors (Lipinski definition) is 3. The van der Waals surface area contributed by atoms with Gasteiger partial charge in [0.25, 0.3) is 0 Å². The highest BCUT2D eigenvalue weighted by Gasteiger charge is 2.25. The molecular formula is C18H35IN6. The van der Waals surface area contributed by atoms with Crippen molar-refractivity contribution in [3.63, 3.8) is 0 Å². The molecule has 25 heavy (non-hydrogen) atoms. The van der Waals surface area contributed by atoms with Gasteiger partial charge in [0.05, 0.1) is 12.7 Å². The van der Waals surface area contributed by atoms with Crippen LogP contribution < -0.4 is 10.6 Å². The van der Waals surface area contributed by atoms with Crippen molar-refractivity contribution < 1.29 is 0 Å². The Morgan fingerprint density at radius 3 is 2.76 bits per heavy atom. The van der Waals surface area contributed by atoms with E-state index in [1.54, 1.807) is 0 Å². The van der Waals surface area contributed by atoms with Crippen LogP contribution in [0.25, 0.3) is 0 Å². The van der Waals surface area contributed by atoms with Crippen molar-refractivity contribution in [2.45, 2.75) is 46.1 Å². The summed E-state index contributed by atoms with van der Waals surface area (Å²) in [6.45, 7) is 13.5. The molecule has 0 saturated carbocycles. The van der Waals surface area contributed by atoms with E-state index in [4.69, 9.17) is 4.99 Å². The topological polar surface area (TPSA) is 57.5 Å². The number of aryl methyl sites for hydroxylation is 1. The summed E-state index contributed by atoms with van der Waals surface area (Å²) in [6, 6.07) is 0. The summed E-state index contributed by atoms with van der Waals surface area (Å²) in [5.41, 5.74) is 1.48. The third kappa shape index (κ3) is 7.94. The smallest absolute Gasteiger partial charge is 0.193 e. The van der Waals surface area contributed by atoms with Crippen molar-refractivity contribution in [3.8, 4) is 0 Å². The Balaban J connectivity index is 0.00000312. The van der Waals surface area contributed by atoms with Crippen LogP contribution in [0.3, 0.4) is 0 Å². The van der Waals surface area contributed by atoms with Gasteiger partial charge in [-0.1, -0.05) is 0 Å². The highest BCUT2D eigenvalue weighted by molar-refractivity contribution is 14.0. The molecule has 0 amide bonds. The van der Waals surface area contributed by atoms with E-state index in [0.29, 0.717) is 5.92 Å². The molecule has 2 heterocycles. The maximum absolute atomic E-state index is 4.80. The van der Waals surface area contributed by atoms with Crippen LogP contribution in [0.5, 0.6) is 0 Å². The van der Waals surface area contributed by atoms with Crippen LogP contribution >= 0.6 is 24.0 Å². The van der Waals surface area contributed by atoms with E-state index in [9.17, 15) is 0 Å². The van der Waals surface area contributed by atoms with Crippen molar-refractivity contribution in [1.29, 1.82) is 0 Å². The van der Waals surface area contributed by atoms with Crippen LogP contribution in [0.15, 0.2) is 17.4 Å². The average molecular weight is 462 g/mol. The molecule has 0 spiro atoms. The van der Waals surface area contributed by atoms with E-state index < -0.39 is 0 Å². The monoisotopic (exact) mass is 462 g/mol. The third-order valence-electron chi connectivity index (χ3n) is 4.23. The van der Waals surface area contributed by atoms with Gasteiger partial charge in [0.15, 0.2) is 5.96 Å². The van der Waals surface area contributed by atoms with Crippen molar-refractivity contribution in [2.75, 3.05) is 32.7 Å². The summed E-state index contributed by atoms with van der Waals surface area (Å²) >= 11 is 0. The summed E-state index contributed by atoms with van der Waals surface area (Å²) in [5.74, 6) is 1.74. The quantitative estimate of drug-likeness (QED) is 0.295. The van der Waals surface area contributed by atoms with Crippen molar-refractivity contribution >= 4 is 29.9 Å². The van der Waals surface area contributed by atoms with E-state index in [-0.39, 0.29) is 29.5 Å². The van der Waals surface area contributed by atoms with Gasteiger partial charge in [0.1, 0.15) is 0 Å². The minimum atomic E-state index is 0. The molecule has 1 fully saturated rings. The Labute approximate surface area is 169 Å². The molecule has 7 heteroatoms. The zero-order valence-corrected chi connectivity index (χ0v) is 18.7. The van der Waals surface area contributed by atoms with Gasteiger partial charge >= 0.3 is 0 Å². The second-order valence-electron chi connectivity index (χ2n) is 7.74. The Morgan fingerprint density at radius 1 is 1.40 bits per heavy atom. The first kappa shape index (κ1) is 22.2. The van der Waals surface area contributed by atoms with E-state index >= 15 is 0 Å². The van der Waals surface area contributed by atoms with Crippen LogP contribution in [0.2, 0.25) is 0 Å². The van der Waals surface area contributed by atoms with Gasteiger partial charge in [-0.05, 0) is 52.0 Å². The minimum Gasteiger partial charge on any atom is -0.357 e. The number of likely N-dealkylation sites (tertiary alicyclic amines) is 1. The summed E-state index contributed by atoms with van der Waals surface area (Å²) in [4.78, 5) is 7.20. The molecule has 2 rings (SSSR count). The van der Waals surface area contributed by atoms with Crippen LogP contribution in [0, 0.1) is 5.92 Å². The highest BCUT2D eigenvalue weighted by Crippen LogP contribution is 2.20. The van der Waals surface area contributed by atoms with E-state index in [1.807, 2.05) is 17.9 Å². The van der Waals surface area contributed by atoms with Crippen molar-refractivity contribution in [3.05, 3.63) is 18.0 Å². The number of nitrogens with one attached hydrogen (secondary N) is 2. The van der Waals surface area contributed by atoms with Crippen LogP contribution in [-0.4, -0.2) is 58.9 Å². The van der Waals surface area contributed by atoms with Crippen molar-refractivity contribution in [2.24, 2.45) is 18.0 Å². The summed E-state index contributed by atoms with van der Waals surface area (Å²) in [7, 11) is 1.98. The number of halogens is 1. The molecular weight excluding hydrogens is 427 g/mol. The number of aliphatic imine (C=N–C) groups is 1. The number of hydrogen-bond donors (Lipinski definition) is 2. The molecule has 1 saturated heterocycles. The largest absolute Gasteiger partial charge is 0.357 e. The molecule has 144 valence electrons. The lowest BCUT2D eigenvalue weighted by Crippen LogP contribution is -2.41. The predicted octanol–water partition coefficient (Wildman–Crippen LogP) is 2.26. The molecule has 1 aliphatic heterocycles. The fourth-order valence-electron chi connectivity index (χ4n) is 3.12. The maximum atomic E-state index is 4.80. The summed E-state index contributed by atoms with van der Waals surface area (Å²) < 4.78 is 1.88. The molecule has 1 unspecified atom stereocenters. The molecule has 2 N–H and O–H groups in total. The number of rotatable bonds is 6. The Hall–Kier alpha value is -0.830. The molecule has 1 atom stereocenters. The van der Waals surface area contributed by atoms with Gasteiger partial charge in [-0.3, -0.25) is 9.67 Å². The van der Waals surface area contributed by atoms with Gasteiger partial charge in [-0.25, -0.2) is 0 Å². The molecule has 0 radical (unpaired) electrons. The first-order valence-electron chi connectivity index (χ1n) is 9.13. The third-order valence-corrected chi connectivity index (χ3v) is 4.23. The van der Waals surface area contributed by atoms with Gasteiger partial charge in [0.2, 0.25) is 0 Å². The molecule has 1 aromatic heterocycles. The number of guanidine groups is 1. The van der Waals surface area contributed by atoms with E-state index in [1.165, 1.54) is 12.0 Å². The number of nitrogens with zero attached hydrogens (tertiary/aromatic N) is 4. The van der Waals surface area contributed by atoms with Gasteiger partial charge in [0, 0.05) is 45.0 Å². The second-order valence-corrected chi connectivity index (χ2v) is 7.74. The van der Waals surface area contributed by atoms with Gasteiger partial charge < -0.3 is 15.5 Å². The van der Waals surface area contributed by atoms with Crippen LogP contribution in [0.4, 0.5) is 0 Å². The Morgan fingerprint density at radius 2 is 2.16 bits per heavy atom. The lowest BCUT2D eigenvalue weighted by Gasteiger charge is -2.23. The first-order valence-corrected chi connectivity index (χ1v) is 9.13. The van der Waals surface area contributed by atoms with Gasteiger partial charge in [-0.2, -0.15) is 5.10 Å². The van der Waals surface area contributed by atoms with Crippen LogP contribution in [0.1, 0.15) is 39.7 Å². The zero-order chi connectivity index (χ0) is 17.6. The standard InChI is InChI=1S/C18H34N6.HI/c1-6-19-17(20-8-9-21-18(2,3)4)24-10-7-15(14-24)11-16-12-22-23(5)13-16;/h12-13,15,21H,6-11,14H2,1-5H3,(H,19,20);1H. The minimum absolute atomic E-state index is 0. The second kappa shape index (κ2) is 10.4. The lowest BCUT2D eigenvalue weighted by molar-refractivity contribution is 0.429. The van der Waals surface area contributed by atoms with Gasteiger partial charge in [-0.15, -0.1) is 24.0 Å². The van der Waals surface area contributed by atoms with Crippen molar-refractivity contribution in [1.82, 2.24) is 25.3 Å². The predicted molar refractivity (Wildman–Crippen MR) is 116 cm³/mol. The molecule has 0 aromatic carbocycles. The fourth-order valence-corrected chi connectivity index (χ4v) is 3.12. The van der Waals surface area contributed by atoms with E-state index in [2.05, 4.69) is 54.5 Å². The molecule has 1 aliphatic rings. The maximum Gasteiger partial charge on any atom is 0.193 e. The first-order chi connectivity index (χ1) is 11.4. The molecule has 1 aromatic rings. The van der Waals surface area contributed by atoms with Crippen LogP contribution in [-0.2, 0) is 13.5 Å². The average Bonchev–Trinajstić information content (AvgIpc) is 3.11. The zero-order valence-electron chi connectivity index (χ0n) is 16.4. The summed E-state index contributed by atoms with van der Waals surface area (Å²) in [6.07, 6.45) is 6.44. The highest BCUT2D eigenvalue weighted by atomic mass is 127. The fraction of sp³-hybridized carbons (Fsp3) is 0.778. The Kier molecular flexibility index (Phi) is 9.20. The van der Waals surface area contributed by atoms with E-state index in [0.717, 1.165) is 45.1 Å². The molecule has 6 nitrogen and oxygen atoms in total.